The lowest BCUT2D eigenvalue weighted by atomic mass is 10.2. The van der Waals surface area contributed by atoms with Gasteiger partial charge in [-0.15, -0.1) is 0 Å². The lowest BCUT2D eigenvalue weighted by Crippen LogP contribution is -2.23. The monoisotopic (exact) mass is 283 g/mol. The fraction of sp³-hybridized carbons (Fsp3) is 0.133. The van der Waals surface area contributed by atoms with Gasteiger partial charge in [-0.1, -0.05) is 18.2 Å². The molecule has 2 aromatic heterocycles. The summed E-state index contributed by atoms with van der Waals surface area (Å²) in [5, 5.41) is 15.6. The van der Waals surface area contributed by atoms with E-state index in [2.05, 4.69) is 5.10 Å². The number of aldehydes is 1. The van der Waals surface area contributed by atoms with Crippen molar-refractivity contribution in [1.29, 1.82) is 0 Å². The zero-order valence-corrected chi connectivity index (χ0v) is 11.0. The molecule has 0 atom stereocenters. The van der Waals surface area contributed by atoms with Crippen LogP contribution in [0.15, 0.2) is 40.9 Å². The molecule has 0 aliphatic heterocycles. The lowest BCUT2D eigenvalue weighted by Gasteiger charge is -2.01. The summed E-state index contributed by atoms with van der Waals surface area (Å²) in [6.07, 6.45) is 2.00. The van der Waals surface area contributed by atoms with Gasteiger partial charge in [0.1, 0.15) is 11.3 Å². The molecule has 1 aromatic carbocycles. The number of hydrogen-bond acceptors (Lipinski definition) is 5. The molecule has 0 amide bonds. The van der Waals surface area contributed by atoms with Crippen LogP contribution in [-0.4, -0.2) is 22.0 Å². The zero-order valence-electron chi connectivity index (χ0n) is 11.0. The Morgan fingerprint density at radius 2 is 2.19 bits per heavy atom. The fourth-order valence-electron chi connectivity index (χ4n) is 2.13. The van der Waals surface area contributed by atoms with Gasteiger partial charge in [-0.2, -0.15) is 5.10 Å². The van der Waals surface area contributed by atoms with E-state index in [1.54, 1.807) is 6.07 Å². The molecule has 0 saturated carbocycles. The largest absolute Gasteiger partial charge is 0.550 e. The number of benzene rings is 1. The van der Waals surface area contributed by atoms with Crippen molar-refractivity contribution >= 4 is 23.2 Å². The summed E-state index contributed by atoms with van der Waals surface area (Å²) >= 11 is 0. The molecule has 3 rings (SSSR count). The van der Waals surface area contributed by atoms with Crippen LogP contribution in [0.2, 0.25) is 0 Å². The van der Waals surface area contributed by atoms with Gasteiger partial charge >= 0.3 is 0 Å². The van der Waals surface area contributed by atoms with Crippen LogP contribution >= 0.6 is 0 Å². The van der Waals surface area contributed by atoms with Crippen molar-refractivity contribution in [2.75, 3.05) is 0 Å². The van der Waals surface area contributed by atoms with Gasteiger partial charge in [-0.3, -0.25) is 9.48 Å². The molecular weight excluding hydrogens is 272 g/mol. The SMILES string of the molecule is O=Cc1cn(CCC(=O)[O-])nc1-c1cc2ccccc2o1. The number of carbonyl (C=O) groups is 2. The Bertz CT molecular complexity index is 783. The topological polar surface area (TPSA) is 88.2 Å². The molecule has 3 aromatic rings. The average Bonchev–Trinajstić information content (AvgIpc) is 3.08. The Balaban J connectivity index is 2.00. The highest BCUT2D eigenvalue weighted by Gasteiger charge is 2.15. The quantitative estimate of drug-likeness (QED) is 0.657. The number of carboxylic acids is 1. The Morgan fingerprint density at radius 3 is 2.90 bits per heavy atom. The second kappa shape index (κ2) is 5.24. The Morgan fingerprint density at radius 1 is 1.38 bits per heavy atom. The zero-order chi connectivity index (χ0) is 14.8. The highest BCUT2D eigenvalue weighted by atomic mass is 16.4. The lowest BCUT2D eigenvalue weighted by molar-refractivity contribution is -0.306. The number of aromatic nitrogens is 2. The molecule has 21 heavy (non-hydrogen) atoms. The maximum absolute atomic E-state index is 11.1. The van der Waals surface area contributed by atoms with E-state index in [1.165, 1.54) is 10.9 Å². The molecule has 6 heteroatoms. The van der Waals surface area contributed by atoms with Gasteiger partial charge in [0.2, 0.25) is 0 Å². The van der Waals surface area contributed by atoms with Crippen LogP contribution in [0.3, 0.4) is 0 Å². The maximum Gasteiger partial charge on any atom is 0.156 e. The molecular formula is C15H11N2O4-. The van der Waals surface area contributed by atoms with E-state index in [0.29, 0.717) is 28.9 Å². The standard InChI is InChI=1S/C15H12N2O4/c18-9-11-8-17(6-5-14(19)20)16-15(11)13-7-10-3-1-2-4-12(10)21-13/h1-4,7-9H,5-6H2,(H,19,20)/p-1. The smallest absolute Gasteiger partial charge is 0.156 e. The molecule has 0 fully saturated rings. The van der Waals surface area contributed by atoms with Gasteiger partial charge < -0.3 is 14.3 Å². The number of carboxylic acid groups (broad SMARTS) is 1. The minimum Gasteiger partial charge on any atom is -0.550 e. The van der Waals surface area contributed by atoms with E-state index in [-0.39, 0.29) is 13.0 Å². The summed E-state index contributed by atoms with van der Waals surface area (Å²) in [5.41, 5.74) is 1.46. The predicted molar refractivity (Wildman–Crippen MR) is 72.4 cm³/mol. The van der Waals surface area contributed by atoms with Gasteiger partial charge in [-0.05, 0) is 12.1 Å². The number of carbonyl (C=O) groups excluding carboxylic acids is 2. The number of rotatable bonds is 5. The highest BCUT2D eigenvalue weighted by Crippen LogP contribution is 2.28. The molecule has 0 bridgehead atoms. The minimum atomic E-state index is -1.16. The van der Waals surface area contributed by atoms with E-state index in [9.17, 15) is 14.7 Å². The number of hydrogen-bond donors (Lipinski definition) is 0. The van der Waals surface area contributed by atoms with Crippen LogP contribution in [0.1, 0.15) is 16.8 Å². The molecule has 6 nitrogen and oxygen atoms in total. The third kappa shape index (κ3) is 2.55. The van der Waals surface area contributed by atoms with Gasteiger partial charge in [0.15, 0.2) is 12.0 Å². The Labute approximate surface area is 119 Å². The number of para-hydroxylation sites is 1. The number of aliphatic carboxylic acids is 1. The molecule has 106 valence electrons. The van der Waals surface area contributed by atoms with E-state index < -0.39 is 5.97 Å². The molecule has 0 aliphatic rings. The normalized spacial score (nSPS) is 10.9. The van der Waals surface area contributed by atoms with E-state index in [0.717, 1.165) is 5.39 Å². The second-order valence-corrected chi connectivity index (χ2v) is 4.58. The molecule has 2 heterocycles. The minimum absolute atomic E-state index is 0.142. The van der Waals surface area contributed by atoms with Crippen molar-refractivity contribution < 1.29 is 19.1 Å². The van der Waals surface area contributed by atoms with Crippen molar-refractivity contribution in [3.05, 3.63) is 42.1 Å². The van der Waals surface area contributed by atoms with Crippen molar-refractivity contribution in [1.82, 2.24) is 9.78 Å². The second-order valence-electron chi connectivity index (χ2n) is 4.58. The number of aryl methyl sites for hydroxylation is 1. The summed E-state index contributed by atoms with van der Waals surface area (Å²) in [7, 11) is 0. The fourth-order valence-corrected chi connectivity index (χ4v) is 2.13. The van der Waals surface area contributed by atoms with Gasteiger partial charge in [0.25, 0.3) is 0 Å². The third-order valence-corrected chi connectivity index (χ3v) is 3.12. The van der Waals surface area contributed by atoms with Crippen molar-refractivity contribution in [3.8, 4) is 11.5 Å². The summed E-state index contributed by atoms with van der Waals surface area (Å²) in [5.74, 6) is -0.686. The van der Waals surface area contributed by atoms with Crippen LogP contribution < -0.4 is 5.11 Å². The van der Waals surface area contributed by atoms with Gasteiger partial charge in [0.05, 0.1) is 5.56 Å². The van der Waals surface area contributed by atoms with Gasteiger partial charge in [0, 0.05) is 30.5 Å². The maximum atomic E-state index is 11.1. The first-order valence-electron chi connectivity index (χ1n) is 6.39. The summed E-state index contributed by atoms with van der Waals surface area (Å²) in [6.45, 7) is 0.142. The third-order valence-electron chi connectivity index (χ3n) is 3.12. The van der Waals surface area contributed by atoms with E-state index >= 15 is 0 Å². The molecule has 0 radical (unpaired) electrons. The van der Waals surface area contributed by atoms with E-state index in [4.69, 9.17) is 4.42 Å². The molecule has 0 aliphatic carbocycles. The molecule has 0 N–H and O–H groups in total. The summed E-state index contributed by atoms with van der Waals surface area (Å²) < 4.78 is 7.08. The first-order valence-corrected chi connectivity index (χ1v) is 6.39. The van der Waals surface area contributed by atoms with Crippen LogP contribution in [0, 0.1) is 0 Å². The van der Waals surface area contributed by atoms with Crippen LogP contribution in [-0.2, 0) is 11.3 Å². The predicted octanol–water partition coefficient (Wildman–Crippen LogP) is 1.25. The molecule has 0 unspecified atom stereocenters. The number of nitrogens with zero attached hydrogens (tertiary/aromatic N) is 2. The molecule has 0 saturated heterocycles. The Kier molecular flexibility index (Phi) is 3.27. The first kappa shape index (κ1) is 13.1. The average molecular weight is 283 g/mol. The van der Waals surface area contributed by atoms with Crippen LogP contribution in [0.4, 0.5) is 0 Å². The van der Waals surface area contributed by atoms with Crippen molar-refractivity contribution in [2.45, 2.75) is 13.0 Å². The Hall–Kier alpha value is -2.89. The first-order chi connectivity index (χ1) is 10.2. The number of furan rings is 1. The number of fused-ring (bicyclic) bond motifs is 1. The van der Waals surface area contributed by atoms with Crippen LogP contribution in [0.5, 0.6) is 0 Å². The highest BCUT2D eigenvalue weighted by molar-refractivity contribution is 5.88. The van der Waals surface area contributed by atoms with Crippen molar-refractivity contribution in [2.24, 2.45) is 0 Å². The summed E-state index contributed by atoms with van der Waals surface area (Å²) in [6, 6.07) is 9.27. The van der Waals surface area contributed by atoms with Crippen molar-refractivity contribution in [3.63, 3.8) is 0 Å². The van der Waals surface area contributed by atoms with E-state index in [1.807, 2.05) is 24.3 Å². The van der Waals surface area contributed by atoms with Gasteiger partial charge in [-0.25, -0.2) is 0 Å². The van der Waals surface area contributed by atoms with Crippen LogP contribution in [0.25, 0.3) is 22.4 Å². The molecule has 0 spiro atoms. The summed E-state index contributed by atoms with van der Waals surface area (Å²) in [4.78, 5) is 21.6.